The lowest BCUT2D eigenvalue weighted by molar-refractivity contribution is 0.0845. The highest BCUT2D eigenvalue weighted by molar-refractivity contribution is 9.11. The molecule has 0 spiro atoms. The zero-order valence-electron chi connectivity index (χ0n) is 11.7. The Morgan fingerprint density at radius 2 is 1.78 bits per heavy atom. The molecule has 2 N–H and O–H groups in total. The maximum Gasteiger partial charge on any atom is 0.288 e. The van der Waals surface area contributed by atoms with Crippen molar-refractivity contribution in [2.75, 3.05) is 0 Å². The van der Waals surface area contributed by atoms with Crippen molar-refractivity contribution in [1.29, 1.82) is 0 Å². The molecule has 0 aliphatic rings. The van der Waals surface area contributed by atoms with E-state index in [0.717, 1.165) is 9.47 Å². The Balaban J connectivity index is 1.70. The largest absolute Gasteiger partial charge is 0.295 e. The molecule has 0 radical (unpaired) electrons. The van der Waals surface area contributed by atoms with Gasteiger partial charge in [0, 0.05) is 5.69 Å². The Labute approximate surface area is 144 Å². The maximum absolute atomic E-state index is 12.2. The van der Waals surface area contributed by atoms with E-state index in [1.54, 1.807) is 23.0 Å². The topological polar surface area (TPSA) is 76.0 Å². The predicted molar refractivity (Wildman–Crippen MR) is 90.5 cm³/mol. The highest BCUT2D eigenvalue weighted by Gasteiger charge is 2.15. The van der Waals surface area contributed by atoms with Crippen LogP contribution in [0.2, 0.25) is 0 Å². The molecule has 2 amide bonds. The SMILES string of the molecule is O=C(NNC(=O)c1cncn1-c1ccccc1)c1ccc(Br)s1. The van der Waals surface area contributed by atoms with Crippen molar-refractivity contribution in [3.8, 4) is 5.69 Å². The van der Waals surface area contributed by atoms with Gasteiger partial charge in [0.05, 0.1) is 21.2 Å². The van der Waals surface area contributed by atoms with Gasteiger partial charge in [0.2, 0.25) is 0 Å². The fraction of sp³-hybridized carbons (Fsp3) is 0. The summed E-state index contributed by atoms with van der Waals surface area (Å²) in [6, 6.07) is 12.8. The second-order valence-electron chi connectivity index (χ2n) is 4.50. The molecule has 6 nitrogen and oxygen atoms in total. The third-order valence-electron chi connectivity index (χ3n) is 2.99. The minimum Gasteiger partial charge on any atom is -0.295 e. The molecule has 0 saturated carbocycles. The highest BCUT2D eigenvalue weighted by Crippen LogP contribution is 2.21. The van der Waals surface area contributed by atoms with E-state index in [2.05, 4.69) is 31.8 Å². The number of rotatable bonds is 3. The fourth-order valence-corrected chi connectivity index (χ4v) is 3.21. The molecule has 2 aromatic heterocycles. The molecule has 0 unspecified atom stereocenters. The van der Waals surface area contributed by atoms with Crippen LogP contribution in [0.3, 0.4) is 0 Å². The molecule has 116 valence electrons. The van der Waals surface area contributed by atoms with E-state index >= 15 is 0 Å². The minimum atomic E-state index is -0.449. The van der Waals surface area contributed by atoms with Gasteiger partial charge in [0.15, 0.2) is 0 Å². The average Bonchev–Trinajstić information content (AvgIpc) is 3.22. The fourth-order valence-electron chi connectivity index (χ4n) is 1.93. The molecular formula is C15H11BrN4O2S. The first kappa shape index (κ1) is 15.4. The van der Waals surface area contributed by atoms with Crippen LogP contribution in [0.4, 0.5) is 0 Å². The van der Waals surface area contributed by atoms with E-state index in [4.69, 9.17) is 0 Å². The second-order valence-corrected chi connectivity index (χ2v) is 6.96. The molecule has 23 heavy (non-hydrogen) atoms. The van der Waals surface area contributed by atoms with Gasteiger partial charge < -0.3 is 0 Å². The highest BCUT2D eigenvalue weighted by atomic mass is 79.9. The van der Waals surface area contributed by atoms with Crippen LogP contribution in [0, 0.1) is 0 Å². The number of imidazole rings is 1. The minimum absolute atomic E-state index is 0.323. The Kier molecular flexibility index (Phi) is 4.54. The molecule has 3 rings (SSSR count). The third-order valence-corrected chi connectivity index (χ3v) is 4.61. The van der Waals surface area contributed by atoms with Gasteiger partial charge in [-0.15, -0.1) is 11.3 Å². The average molecular weight is 391 g/mol. The number of nitrogens with zero attached hydrogens (tertiary/aromatic N) is 2. The van der Waals surface area contributed by atoms with Crippen LogP contribution in [0.1, 0.15) is 20.2 Å². The number of carbonyl (C=O) groups excluding carboxylic acids is 2. The molecule has 8 heteroatoms. The van der Waals surface area contributed by atoms with Crippen molar-refractivity contribution in [1.82, 2.24) is 20.4 Å². The Bertz CT molecular complexity index is 844. The Morgan fingerprint density at radius 1 is 1.04 bits per heavy atom. The van der Waals surface area contributed by atoms with Gasteiger partial charge in [0.25, 0.3) is 11.8 Å². The second kappa shape index (κ2) is 6.76. The molecule has 0 saturated heterocycles. The summed E-state index contributed by atoms with van der Waals surface area (Å²) in [5.41, 5.74) is 5.92. The van der Waals surface area contributed by atoms with Gasteiger partial charge in [-0.2, -0.15) is 0 Å². The van der Waals surface area contributed by atoms with E-state index in [0.29, 0.717) is 10.6 Å². The zero-order valence-corrected chi connectivity index (χ0v) is 14.1. The molecule has 0 atom stereocenters. The van der Waals surface area contributed by atoms with Crippen LogP contribution >= 0.6 is 27.3 Å². The monoisotopic (exact) mass is 390 g/mol. The number of hydrogen-bond donors (Lipinski definition) is 2. The van der Waals surface area contributed by atoms with E-state index in [1.165, 1.54) is 17.5 Å². The standard InChI is InChI=1S/C15H11BrN4O2S/c16-13-7-6-12(23-13)15(22)19-18-14(21)11-8-17-9-20(11)10-4-2-1-3-5-10/h1-9H,(H,18,21)(H,19,22). The molecule has 2 heterocycles. The predicted octanol–water partition coefficient (Wildman–Crippen LogP) is 2.77. The van der Waals surface area contributed by atoms with Gasteiger partial charge in [-0.3, -0.25) is 25.0 Å². The summed E-state index contributed by atoms with van der Waals surface area (Å²) in [6.07, 6.45) is 2.98. The van der Waals surface area contributed by atoms with E-state index in [9.17, 15) is 9.59 Å². The number of carbonyl (C=O) groups is 2. The van der Waals surface area contributed by atoms with Crippen LogP contribution in [-0.2, 0) is 0 Å². The van der Waals surface area contributed by atoms with Crippen LogP contribution in [0.5, 0.6) is 0 Å². The lowest BCUT2D eigenvalue weighted by atomic mass is 10.3. The third kappa shape index (κ3) is 3.49. The van der Waals surface area contributed by atoms with Crippen molar-refractivity contribution in [2.24, 2.45) is 0 Å². The Morgan fingerprint density at radius 3 is 2.48 bits per heavy atom. The summed E-state index contributed by atoms with van der Waals surface area (Å²) in [4.78, 5) is 28.7. The van der Waals surface area contributed by atoms with Crippen LogP contribution in [0.15, 0.2) is 58.8 Å². The zero-order chi connectivity index (χ0) is 16.2. The first-order valence-corrected chi connectivity index (χ1v) is 8.20. The first-order valence-electron chi connectivity index (χ1n) is 6.59. The van der Waals surface area contributed by atoms with Gasteiger partial charge in [-0.05, 0) is 40.2 Å². The van der Waals surface area contributed by atoms with Crippen molar-refractivity contribution in [3.05, 3.63) is 69.3 Å². The lowest BCUT2D eigenvalue weighted by Gasteiger charge is -2.09. The Hall–Kier alpha value is -2.45. The molecule has 0 aliphatic heterocycles. The normalized spacial score (nSPS) is 10.3. The number of nitrogens with one attached hydrogen (secondary N) is 2. The van der Waals surface area contributed by atoms with E-state index in [-0.39, 0.29) is 5.91 Å². The number of para-hydroxylation sites is 1. The summed E-state index contributed by atoms with van der Waals surface area (Å²) >= 11 is 4.57. The smallest absolute Gasteiger partial charge is 0.288 e. The van der Waals surface area contributed by atoms with Crippen LogP contribution in [0.25, 0.3) is 5.69 Å². The summed E-state index contributed by atoms with van der Waals surface area (Å²) in [5, 5.41) is 0. The quantitative estimate of drug-likeness (QED) is 0.675. The number of hydrazine groups is 1. The molecule has 0 aliphatic carbocycles. The van der Waals surface area contributed by atoms with Gasteiger partial charge in [0.1, 0.15) is 5.69 Å². The first-order chi connectivity index (χ1) is 11.1. The molecular weight excluding hydrogens is 380 g/mol. The summed E-state index contributed by atoms with van der Waals surface area (Å²) in [5.74, 6) is -0.824. The summed E-state index contributed by atoms with van der Waals surface area (Å²) in [7, 11) is 0. The number of benzene rings is 1. The lowest BCUT2D eigenvalue weighted by Crippen LogP contribution is -2.42. The van der Waals surface area contributed by atoms with Crippen molar-refractivity contribution < 1.29 is 9.59 Å². The molecule has 0 fully saturated rings. The van der Waals surface area contributed by atoms with E-state index in [1.807, 2.05) is 30.3 Å². The maximum atomic E-state index is 12.2. The van der Waals surface area contributed by atoms with Gasteiger partial charge >= 0.3 is 0 Å². The number of thiophene rings is 1. The molecule has 0 bridgehead atoms. The van der Waals surface area contributed by atoms with Crippen molar-refractivity contribution in [3.63, 3.8) is 0 Å². The number of aromatic nitrogens is 2. The van der Waals surface area contributed by atoms with Crippen LogP contribution < -0.4 is 10.9 Å². The molecule has 3 aromatic rings. The van der Waals surface area contributed by atoms with Crippen LogP contribution in [-0.4, -0.2) is 21.4 Å². The number of halogens is 1. The number of amides is 2. The number of hydrogen-bond acceptors (Lipinski definition) is 4. The van der Waals surface area contributed by atoms with Crippen molar-refractivity contribution >= 4 is 39.1 Å². The summed E-state index contributed by atoms with van der Waals surface area (Å²) < 4.78 is 2.49. The summed E-state index contributed by atoms with van der Waals surface area (Å²) in [6.45, 7) is 0. The van der Waals surface area contributed by atoms with Gasteiger partial charge in [-0.1, -0.05) is 18.2 Å². The van der Waals surface area contributed by atoms with Crippen molar-refractivity contribution in [2.45, 2.75) is 0 Å². The molecule has 1 aromatic carbocycles. The van der Waals surface area contributed by atoms with Gasteiger partial charge in [-0.25, -0.2) is 4.98 Å². The van der Waals surface area contributed by atoms with E-state index < -0.39 is 5.91 Å².